The molecule has 1 aliphatic heterocycles. The number of carboxylic acids is 1. The minimum atomic E-state index is -1.49. The Morgan fingerprint density at radius 3 is 2.76 bits per heavy atom. The average molecular weight is 348 g/mol. The van der Waals surface area contributed by atoms with Gasteiger partial charge >= 0.3 is 11.9 Å². The van der Waals surface area contributed by atoms with E-state index in [1.54, 1.807) is 0 Å². The fourth-order valence-corrected chi connectivity index (χ4v) is 7.75. The number of allylic oxidation sites excluding steroid dienone is 1. The van der Waals surface area contributed by atoms with E-state index in [1.165, 1.54) is 0 Å². The monoisotopic (exact) mass is 348 g/mol. The zero-order valence-electron chi connectivity index (χ0n) is 14.1. The summed E-state index contributed by atoms with van der Waals surface area (Å²) >= 11 is 0. The topological polar surface area (TPSA) is 104 Å². The lowest BCUT2D eigenvalue weighted by molar-refractivity contribution is -0.166. The molecular formula is C19H24O6. The first kappa shape index (κ1) is 15.8. The zero-order valence-corrected chi connectivity index (χ0v) is 14.1. The predicted molar refractivity (Wildman–Crippen MR) is 85.2 cm³/mol. The summed E-state index contributed by atoms with van der Waals surface area (Å²) in [6, 6.07) is 0. The number of carbonyl (C=O) groups is 2. The molecule has 0 unspecified atom stereocenters. The lowest BCUT2D eigenvalue weighted by Gasteiger charge is -2.44. The number of rotatable bonds is 2. The van der Waals surface area contributed by atoms with Crippen LogP contribution in [0.3, 0.4) is 0 Å². The van der Waals surface area contributed by atoms with Crippen molar-refractivity contribution in [3.8, 4) is 0 Å². The summed E-state index contributed by atoms with van der Waals surface area (Å²) in [5, 5.41) is 30.9. The highest BCUT2D eigenvalue weighted by Crippen LogP contribution is 2.77. The molecule has 0 radical (unpaired) electrons. The molecule has 0 aromatic rings. The molecule has 0 aromatic heterocycles. The van der Waals surface area contributed by atoms with Gasteiger partial charge in [-0.05, 0) is 49.9 Å². The Bertz CT molecular complexity index is 702. The molecule has 4 aliphatic carbocycles. The first-order valence-electron chi connectivity index (χ1n) is 9.26. The van der Waals surface area contributed by atoms with Gasteiger partial charge in [-0.25, -0.2) is 0 Å². The number of aliphatic carboxylic acids is 1. The van der Waals surface area contributed by atoms with Crippen molar-refractivity contribution in [2.45, 2.75) is 50.2 Å². The Hall–Kier alpha value is -1.40. The average Bonchev–Trinajstić information content (AvgIpc) is 3.03. The summed E-state index contributed by atoms with van der Waals surface area (Å²) < 4.78 is 5.94. The molecular weight excluding hydrogens is 324 g/mol. The van der Waals surface area contributed by atoms with E-state index in [0.29, 0.717) is 25.2 Å². The molecule has 8 atom stereocenters. The molecule has 4 saturated carbocycles. The van der Waals surface area contributed by atoms with Crippen molar-refractivity contribution in [1.82, 2.24) is 0 Å². The summed E-state index contributed by atoms with van der Waals surface area (Å²) in [4.78, 5) is 25.2. The number of esters is 1. The second-order valence-electron chi connectivity index (χ2n) is 8.99. The van der Waals surface area contributed by atoms with Gasteiger partial charge in [-0.2, -0.15) is 0 Å². The van der Waals surface area contributed by atoms with E-state index < -0.39 is 52.9 Å². The van der Waals surface area contributed by atoms with Gasteiger partial charge in [-0.1, -0.05) is 12.2 Å². The molecule has 6 nitrogen and oxygen atoms in total. The molecule has 5 fully saturated rings. The fourth-order valence-electron chi connectivity index (χ4n) is 7.75. The van der Waals surface area contributed by atoms with Crippen LogP contribution in [-0.4, -0.2) is 45.6 Å². The maximum Gasteiger partial charge on any atom is 0.318 e. The van der Waals surface area contributed by atoms with Crippen molar-refractivity contribution in [1.29, 1.82) is 0 Å². The van der Waals surface area contributed by atoms with Gasteiger partial charge in [0.25, 0.3) is 0 Å². The summed E-state index contributed by atoms with van der Waals surface area (Å²) in [5.74, 6) is -2.66. The number of aliphatic hydroxyl groups is 2. The zero-order chi connectivity index (χ0) is 17.8. The summed E-state index contributed by atoms with van der Waals surface area (Å²) in [6.45, 7) is 3.63. The van der Waals surface area contributed by atoms with Crippen LogP contribution in [0.15, 0.2) is 12.2 Å². The molecule has 1 spiro atoms. The van der Waals surface area contributed by atoms with Gasteiger partial charge < -0.3 is 20.1 Å². The lowest BCUT2D eigenvalue weighted by Crippen LogP contribution is -2.56. The molecule has 25 heavy (non-hydrogen) atoms. The van der Waals surface area contributed by atoms with Crippen LogP contribution < -0.4 is 0 Å². The largest absolute Gasteiger partial charge is 0.481 e. The highest BCUT2D eigenvalue weighted by molar-refractivity contribution is 5.86. The number of aliphatic hydroxyl groups excluding tert-OH is 2. The summed E-state index contributed by atoms with van der Waals surface area (Å²) in [6.07, 6.45) is 3.02. The second-order valence-corrected chi connectivity index (χ2v) is 8.99. The van der Waals surface area contributed by atoms with Gasteiger partial charge in [0.2, 0.25) is 0 Å². The van der Waals surface area contributed by atoms with Crippen molar-refractivity contribution in [3.63, 3.8) is 0 Å². The number of ether oxygens (including phenoxy) is 1. The first-order valence-corrected chi connectivity index (χ1v) is 9.26. The van der Waals surface area contributed by atoms with Crippen LogP contribution in [0.1, 0.15) is 38.5 Å². The molecule has 5 rings (SSSR count). The van der Waals surface area contributed by atoms with Gasteiger partial charge in [0.05, 0.1) is 18.6 Å². The highest BCUT2D eigenvalue weighted by Gasteiger charge is 2.84. The molecule has 1 saturated heterocycles. The van der Waals surface area contributed by atoms with Crippen LogP contribution in [0.4, 0.5) is 0 Å². The quantitative estimate of drug-likeness (QED) is 0.510. The highest BCUT2D eigenvalue weighted by atomic mass is 16.6. The normalized spacial score (nSPS) is 55.7. The van der Waals surface area contributed by atoms with Crippen LogP contribution in [-0.2, 0) is 14.3 Å². The minimum absolute atomic E-state index is 0.0218. The van der Waals surface area contributed by atoms with Crippen molar-refractivity contribution in [3.05, 3.63) is 12.2 Å². The van der Waals surface area contributed by atoms with E-state index in [4.69, 9.17) is 4.74 Å². The lowest BCUT2D eigenvalue weighted by atomic mass is 9.58. The van der Waals surface area contributed by atoms with E-state index in [1.807, 2.05) is 0 Å². The molecule has 1 heterocycles. The number of carbonyl (C=O) groups excluding carboxylic acids is 1. The van der Waals surface area contributed by atoms with E-state index in [-0.39, 0.29) is 5.92 Å². The summed E-state index contributed by atoms with van der Waals surface area (Å²) in [5.41, 5.74) is -1.68. The van der Waals surface area contributed by atoms with Crippen LogP contribution in [0.25, 0.3) is 0 Å². The fraction of sp³-hybridized carbons (Fsp3) is 0.789. The van der Waals surface area contributed by atoms with Gasteiger partial charge in [0.1, 0.15) is 11.0 Å². The molecule has 136 valence electrons. The molecule has 4 bridgehead atoms. The molecule has 5 aliphatic rings. The number of fused-ring (bicyclic) bond motifs is 1. The Morgan fingerprint density at radius 2 is 2.08 bits per heavy atom. The van der Waals surface area contributed by atoms with Gasteiger partial charge in [-0.3, -0.25) is 9.59 Å². The first-order chi connectivity index (χ1) is 11.8. The van der Waals surface area contributed by atoms with Crippen molar-refractivity contribution in [2.75, 3.05) is 6.61 Å². The Kier molecular flexibility index (Phi) is 2.83. The Morgan fingerprint density at radius 1 is 1.32 bits per heavy atom. The van der Waals surface area contributed by atoms with Gasteiger partial charge in [0.15, 0.2) is 0 Å². The maximum atomic E-state index is 12.8. The third-order valence-corrected chi connectivity index (χ3v) is 8.48. The number of hydrogen-bond donors (Lipinski definition) is 3. The van der Waals surface area contributed by atoms with Crippen LogP contribution >= 0.6 is 0 Å². The van der Waals surface area contributed by atoms with Crippen LogP contribution in [0, 0.1) is 34.5 Å². The van der Waals surface area contributed by atoms with E-state index in [9.17, 15) is 24.9 Å². The third-order valence-electron chi connectivity index (χ3n) is 8.48. The van der Waals surface area contributed by atoms with Crippen LogP contribution in [0.5, 0.6) is 0 Å². The van der Waals surface area contributed by atoms with E-state index in [2.05, 4.69) is 6.58 Å². The molecule has 0 amide bonds. The third kappa shape index (κ3) is 1.44. The molecule has 3 N–H and O–H groups in total. The molecule has 0 aromatic carbocycles. The van der Waals surface area contributed by atoms with Gasteiger partial charge in [-0.15, -0.1) is 0 Å². The van der Waals surface area contributed by atoms with Crippen LogP contribution in [0.2, 0.25) is 0 Å². The summed E-state index contributed by atoms with van der Waals surface area (Å²) in [7, 11) is 0. The smallest absolute Gasteiger partial charge is 0.318 e. The number of hydrogen-bond acceptors (Lipinski definition) is 5. The standard InChI is InChI=1S/C19H24O6/c1-9-6-17-7-10(9)2-3-11(17)19-5-4-12(21)18(8-20,16(24)25-19)14(19)13(17)15(22)23/h10-14,20-21H,1-8H2,(H,22,23)/t10-,11-,12+,13-,14-,17+,18-,19-/m1/s1. The van der Waals surface area contributed by atoms with Gasteiger partial charge in [0, 0.05) is 11.8 Å². The van der Waals surface area contributed by atoms with Crippen molar-refractivity contribution >= 4 is 11.9 Å². The Balaban J connectivity index is 1.76. The SMILES string of the molecule is C=C1C[C@]23C[C@H]1CC[C@H]2[C@@]12CC[C@H](O)[C@@](CO)(C(=O)O1)[C@H]2[C@@H]3C(=O)O. The van der Waals surface area contributed by atoms with Crippen molar-refractivity contribution < 1.29 is 29.6 Å². The maximum absolute atomic E-state index is 12.8. The van der Waals surface area contributed by atoms with E-state index >= 15 is 0 Å². The number of carboxylic acid groups (broad SMARTS) is 1. The minimum Gasteiger partial charge on any atom is -0.481 e. The second kappa shape index (κ2) is 4.46. The van der Waals surface area contributed by atoms with Crippen molar-refractivity contribution in [2.24, 2.45) is 34.5 Å². The molecule has 6 heteroatoms. The predicted octanol–water partition coefficient (Wildman–Crippen LogP) is 1.11. The Labute approximate surface area is 145 Å². The van der Waals surface area contributed by atoms with E-state index in [0.717, 1.165) is 24.8 Å².